The molecular weight excluding hydrogens is 406 g/mol. The Morgan fingerprint density at radius 3 is 2.33 bits per heavy atom. The summed E-state index contributed by atoms with van der Waals surface area (Å²) in [6.07, 6.45) is -1.54. The highest BCUT2D eigenvalue weighted by Crippen LogP contribution is 2.44. The molecule has 9 heteroatoms. The molecule has 1 aromatic heterocycles. The Kier molecular flexibility index (Phi) is 5.23. The molecule has 1 aliphatic heterocycles. The molecule has 3 unspecified atom stereocenters. The number of nitrogens with zero attached hydrogens (tertiary/aromatic N) is 3. The minimum absolute atomic E-state index is 0.0555. The zero-order valence-electron chi connectivity index (χ0n) is 16.2. The average Bonchev–Trinajstić information content (AvgIpc) is 3.29. The molecule has 4 rings (SSSR count). The highest BCUT2D eigenvalue weighted by molar-refractivity contribution is 7.15. The van der Waals surface area contributed by atoms with Gasteiger partial charge in [-0.1, -0.05) is 23.5 Å². The molecule has 1 amide bonds. The molecule has 1 fully saturated rings. The summed E-state index contributed by atoms with van der Waals surface area (Å²) in [6.45, 7) is 1.76. The first-order valence-electron chi connectivity index (χ1n) is 9.19. The van der Waals surface area contributed by atoms with Crippen LogP contribution in [0, 0.1) is 12.8 Å². The summed E-state index contributed by atoms with van der Waals surface area (Å²) in [5, 5.41) is 29.4. The van der Waals surface area contributed by atoms with E-state index in [-0.39, 0.29) is 11.5 Å². The number of aromatic nitrogens is 2. The third kappa shape index (κ3) is 3.42. The van der Waals surface area contributed by atoms with Gasteiger partial charge in [-0.3, -0.25) is 14.5 Å². The SMILES string of the molecule is COc1ccc(C(=O)C2C(O)C(=O)N(c3nnc(C)s3)C2c2ccc(O)cc2)cc1. The molecule has 3 atom stereocenters. The van der Waals surface area contributed by atoms with Gasteiger partial charge in [0, 0.05) is 5.56 Å². The molecule has 1 saturated heterocycles. The number of anilines is 1. The monoisotopic (exact) mass is 425 g/mol. The molecule has 0 aliphatic carbocycles. The number of aliphatic hydroxyl groups is 1. The second-order valence-corrected chi connectivity index (χ2v) is 8.07. The fraction of sp³-hybridized carbons (Fsp3) is 0.238. The predicted octanol–water partition coefficient (Wildman–Crippen LogP) is 2.51. The summed E-state index contributed by atoms with van der Waals surface area (Å²) in [4.78, 5) is 27.7. The fourth-order valence-corrected chi connectivity index (χ4v) is 4.36. The highest BCUT2D eigenvalue weighted by atomic mass is 32.1. The van der Waals surface area contributed by atoms with E-state index in [4.69, 9.17) is 4.74 Å². The van der Waals surface area contributed by atoms with Crippen LogP contribution in [0.5, 0.6) is 11.5 Å². The number of hydrogen-bond acceptors (Lipinski definition) is 8. The predicted molar refractivity (Wildman–Crippen MR) is 110 cm³/mol. The van der Waals surface area contributed by atoms with Gasteiger partial charge in [-0.05, 0) is 48.9 Å². The summed E-state index contributed by atoms with van der Waals surface area (Å²) >= 11 is 1.20. The van der Waals surface area contributed by atoms with E-state index in [1.54, 1.807) is 43.3 Å². The number of Topliss-reactive ketones (excluding diaryl/α,β-unsaturated/α-hetero) is 1. The normalized spacial score (nSPS) is 21.1. The maximum Gasteiger partial charge on any atom is 0.259 e. The van der Waals surface area contributed by atoms with E-state index in [1.807, 2.05) is 0 Å². The van der Waals surface area contributed by atoms with E-state index in [0.29, 0.717) is 27.0 Å². The number of phenolic OH excluding ortho intramolecular Hbond substituents is 1. The van der Waals surface area contributed by atoms with Crippen LogP contribution in [0.1, 0.15) is 27.0 Å². The molecule has 3 aromatic rings. The Morgan fingerprint density at radius 1 is 1.10 bits per heavy atom. The first-order chi connectivity index (χ1) is 14.4. The van der Waals surface area contributed by atoms with Crippen LogP contribution in [-0.2, 0) is 4.79 Å². The molecule has 2 aromatic carbocycles. The Bertz CT molecular complexity index is 1080. The van der Waals surface area contributed by atoms with Crippen molar-refractivity contribution in [3.63, 3.8) is 0 Å². The van der Waals surface area contributed by atoms with Crippen molar-refractivity contribution in [1.82, 2.24) is 10.2 Å². The van der Waals surface area contributed by atoms with E-state index in [0.717, 1.165) is 0 Å². The molecule has 154 valence electrons. The van der Waals surface area contributed by atoms with Crippen LogP contribution in [0.2, 0.25) is 0 Å². The molecule has 2 N–H and O–H groups in total. The van der Waals surface area contributed by atoms with Crippen LogP contribution in [0.4, 0.5) is 5.13 Å². The molecule has 8 nitrogen and oxygen atoms in total. The van der Waals surface area contributed by atoms with Crippen molar-refractivity contribution in [2.24, 2.45) is 5.92 Å². The lowest BCUT2D eigenvalue weighted by Crippen LogP contribution is -2.30. The van der Waals surface area contributed by atoms with Crippen molar-refractivity contribution in [2.75, 3.05) is 12.0 Å². The van der Waals surface area contributed by atoms with Crippen molar-refractivity contribution < 1.29 is 24.5 Å². The number of carbonyl (C=O) groups is 2. The van der Waals surface area contributed by atoms with Crippen LogP contribution < -0.4 is 9.64 Å². The summed E-state index contributed by atoms with van der Waals surface area (Å²) < 4.78 is 5.13. The maximum atomic E-state index is 13.4. The van der Waals surface area contributed by atoms with Gasteiger partial charge in [-0.25, -0.2) is 0 Å². The first-order valence-corrected chi connectivity index (χ1v) is 10.0. The average molecular weight is 425 g/mol. The van der Waals surface area contributed by atoms with Crippen molar-refractivity contribution in [3.05, 3.63) is 64.7 Å². The lowest BCUT2D eigenvalue weighted by atomic mass is 9.85. The number of hydrogen-bond donors (Lipinski definition) is 2. The topological polar surface area (TPSA) is 113 Å². The van der Waals surface area contributed by atoms with Crippen molar-refractivity contribution >= 4 is 28.2 Å². The summed E-state index contributed by atoms with van der Waals surface area (Å²) in [6, 6.07) is 11.9. The smallest absolute Gasteiger partial charge is 0.259 e. The number of benzene rings is 2. The minimum Gasteiger partial charge on any atom is -0.508 e. The molecule has 30 heavy (non-hydrogen) atoms. The molecule has 1 aliphatic rings. The number of ketones is 1. The van der Waals surface area contributed by atoms with Gasteiger partial charge in [0.1, 0.15) is 22.6 Å². The van der Waals surface area contributed by atoms with Gasteiger partial charge in [0.05, 0.1) is 19.1 Å². The van der Waals surface area contributed by atoms with E-state index >= 15 is 0 Å². The van der Waals surface area contributed by atoms with Crippen LogP contribution in [-0.4, -0.2) is 45.3 Å². The second kappa shape index (κ2) is 7.85. The summed E-state index contributed by atoms with van der Waals surface area (Å²) in [5.41, 5.74) is 0.948. The molecular formula is C21H19N3O5S. The summed E-state index contributed by atoms with van der Waals surface area (Å²) in [5.74, 6) is -1.40. The summed E-state index contributed by atoms with van der Waals surface area (Å²) in [7, 11) is 1.53. The van der Waals surface area contributed by atoms with Crippen molar-refractivity contribution in [2.45, 2.75) is 19.1 Å². The van der Waals surface area contributed by atoms with Crippen molar-refractivity contribution in [1.29, 1.82) is 0 Å². The van der Waals surface area contributed by atoms with E-state index in [9.17, 15) is 19.8 Å². The number of aromatic hydroxyl groups is 1. The van der Waals surface area contributed by atoms with Gasteiger partial charge in [-0.2, -0.15) is 0 Å². The minimum atomic E-state index is -1.54. The standard InChI is InChI=1S/C21H19N3O5S/c1-11-22-23-21(30-11)24-17(12-3-7-14(25)8-4-12)16(19(27)20(24)28)18(26)13-5-9-15(29-2)10-6-13/h3-10,16-17,19,25,27H,1-2H3. The molecule has 0 spiro atoms. The maximum absolute atomic E-state index is 13.4. The van der Waals surface area contributed by atoms with Crippen LogP contribution >= 0.6 is 11.3 Å². The Balaban J connectivity index is 1.80. The Labute approximate surface area is 176 Å². The van der Waals surface area contributed by atoms with Gasteiger partial charge in [-0.15, -0.1) is 10.2 Å². The number of carbonyl (C=O) groups excluding carboxylic acids is 2. The lowest BCUT2D eigenvalue weighted by molar-refractivity contribution is -0.124. The number of ether oxygens (including phenoxy) is 1. The van der Waals surface area contributed by atoms with Gasteiger partial charge in [0.15, 0.2) is 5.78 Å². The number of amides is 1. The Hall–Kier alpha value is -3.30. The van der Waals surface area contributed by atoms with Gasteiger partial charge >= 0.3 is 0 Å². The molecule has 2 heterocycles. The molecule has 0 radical (unpaired) electrons. The quantitative estimate of drug-likeness (QED) is 0.604. The van der Waals surface area contributed by atoms with Crippen LogP contribution in [0.25, 0.3) is 0 Å². The Morgan fingerprint density at radius 2 is 1.77 bits per heavy atom. The van der Waals surface area contributed by atoms with Crippen LogP contribution in [0.15, 0.2) is 48.5 Å². The first kappa shape index (κ1) is 20.0. The lowest BCUT2D eigenvalue weighted by Gasteiger charge is -2.25. The van der Waals surface area contributed by atoms with E-state index in [1.165, 1.54) is 35.5 Å². The largest absolute Gasteiger partial charge is 0.508 e. The third-order valence-electron chi connectivity index (χ3n) is 5.08. The fourth-order valence-electron chi connectivity index (χ4n) is 3.63. The van der Waals surface area contributed by atoms with Gasteiger partial charge in [0.2, 0.25) is 5.13 Å². The molecule has 0 saturated carbocycles. The zero-order chi connectivity index (χ0) is 21.4. The van der Waals surface area contributed by atoms with Gasteiger partial charge < -0.3 is 14.9 Å². The number of aryl methyl sites for hydroxylation is 1. The third-order valence-corrected chi connectivity index (χ3v) is 5.92. The van der Waals surface area contributed by atoms with Crippen LogP contribution in [0.3, 0.4) is 0 Å². The van der Waals surface area contributed by atoms with Gasteiger partial charge in [0.25, 0.3) is 5.91 Å². The highest BCUT2D eigenvalue weighted by Gasteiger charge is 2.53. The number of phenols is 1. The number of methoxy groups -OCH3 is 1. The number of rotatable bonds is 5. The zero-order valence-corrected chi connectivity index (χ0v) is 17.0. The molecule has 0 bridgehead atoms. The number of aliphatic hydroxyl groups excluding tert-OH is 1. The van der Waals surface area contributed by atoms with E-state index < -0.39 is 24.0 Å². The van der Waals surface area contributed by atoms with E-state index in [2.05, 4.69) is 10.2 Å². The van der Waals surface area contributed by atoms with Crippen molar-refractivity contribution in [3.8, 4) is 11.5 Å². The second-order valence-electron chi connectivity index (χ2n) is 6.91.